The van der Waals surface area contributed by atoms with Gasteiger partial charge in [0.25, 0.3) is 0 Å². The van der Waals surface area contributed by atoms with Gasteiger partial charge in [0.15, 0.2) is 0 Å². The molecule has 0 bridgehead atoms. The van der Waals surface area contributed by atoms with Crippen molar-refractivity contribution < 1.29 is 32.8 Å². The summed E-state index contributed by atoms with van der Waals surface area (Å²) in [6, 6.07) is 0. The Hall–Kier alpha value is -0.760. The van der Waals surface area contributed by atoms with E-state index < -0.39 is 13.9 Å². The van der Waals surface area contributed by atoms with Crippen molar-refractivity contribution in [2.75, 3.05) is 33.0 Å². The zero-order valence-electron chi connectivity index (χ0n) is 47.0. The molecule has 0 amide bonds. The molecule has 418 valence electrons. The fourth-order valence-corrected chi connectivity index (χ4v) is 10.4. The number of phosphoric ester groups is 1. The molecule has 0 saturated heterocycles. The Morgan fingerprint density at radius 1 is 0.414 bits per heavy atom. The lowest BCUT2D eigenvalue weighted by Crippen LogP contribution is -2.28. The number of unbranched alkanes of at least 4 members (excludes halogenated alkanes) is 46. The molecule has 0 aromatic carbocycles. The number of carbonyl (C=O) groups is 1. The maximum atomic E-state index is 12.7. The fourth-order valence-electron chi connectivity index (χ4n) is 9.59. The monoisotopic (exact) mass is 1010 g/mol. The summed E-state index contributed by atoms with van der Waals surface area (Å²) < 4.78 is 33.8. The molecule has 0 radical (unpaired) electrons. The van der Waals surface area contributed by atoms with E-state index in [1.54, 1.807) is 0 Å². The lowest BCUT2D eigenvalue weighted by molar-refractivity contribution is -0.154. The van der Waals surface area contributed by atoms with Crippen LogP contribution < -0.4 is 5.73 Å². The summed E-state index contributed by atoms with van der Waals surface area (Å²) in [6.45, 7) is 5.02. The molecule has 0 aromatic rings. The average Bonchev–Trinajstić information content (AvgIpc) is 3.35. The van der Waals surface area contributed by atoms with Gasteiger partial charge in [-0.3, -0.25) is 13.8 Å². The number of allylic oxidation sites excluding steroid dienone is 2. The minimum absolute atomic E-state index is 0.0909. The van der Waals surface area contributed by atoms with Crippen LogP contribution in [0.4, 0.5) is 0 Å². The van der Waals surface area contributed by atoms with Gasteiger partial charge < -0.3 is 20.1 Å². The van der Waals surface area contributed by atoms with Crippen LogP contribution in [0.25, 0.3) is 0 Å². The van der Waals surface area contributed by atoms with Crippen LogP contribution in [0.2, 0.25) is 0 Å². The van der Waals surface area contributed by atoms with E-state index in [1.807, 2.05) is 0 Å². The summed E-state index contributed by atoms with van der Waals surface area (Å²) in [5.74, 6) is -0.319. The molecule has 3 N–H and O–H groups in total. The van der Waals surface area contributed by atoms with E-state index in [-0.39, 0.29) is 32.3 Å². The molecule has 0 fully saturated rings. The second-order valence-electron chi connectivity index (χ2n) is 21.3. The van der Waals surface area contributed by atoms with E-state index in [0.717, 1.165) is 32.1 Å². The first-order chi connectivity index (χ1) is 34.4. The third-order valence-electron chi connectivity index (χ3n) is 14.2. The topological polar surface area (TPSA) is 117 Å². The highest BCUT2D eigenvalue weighted by molar-refractivity contribution is 7.47. The number of hydrogen-bond acceptors (Lipinski definition) is 7. The summed E-state index contributed by atoms with van der Waals surface area (Å²) in [4.78, 5) is 22.7. The summed E-state index contributed by atoms with van der Waals surface area (Å²) in [7, 11) is -4.28. The van der Waals surface area contributed by atoms with Gasteiger partial charge in [-0.2, -0.15) is 0 Å². The molecular weight excluding hydrogens is 890 g/mol. The molecule has 2 unspecified atom stereocenters. The molecule has 0 spiro atoms. The highest BCUT2D eigenvalue weighted by Gasteiger charge is 2.25. The lowest BCUT2D eigenvalue weighted by atomic mass is 10.0. The Bertz CT molecular complexity index is 1090. The molecule has 8 nitrogen and oxygen atoms in total. The number of ether oxygens (including phenoxy) is 2. The number of nitrogens with two attached hydrogens (primary N) is 1. The molecule has 9 heteroatoms. The van der Waals surface area contributed by atoms with Crippen molar-refractivity contribution in [1.29, 1.82) is 0 Å². The minimum Gasteiger partial charge on any atom is -0.457 e. The molecule has 0 aliphatic heterocycles. The minimum atomic E-state index is -4.28. The molecule has 0 aromatic heterocycles. The van der Waals surface area contributed by atoms with Gasteiger partial charge in [-0.1, -0.05) is 302 Å². The number of carbonyl (C=O) groups excluding carboxylic acids is 1. The molecular formula is C61H122NO7P. The first kappa shape index (κ1) is 69.2. The van der Waals surface area contributed by atoms with Crippen LogP contribution in [0.15, 0.2) is 12.2 Å². The molecule has 0 heterocycles. The number of esters is 1. The van der Waals surface area contributed by atoms with Crippen molar-refractivity contribution in [3.63, 3.8) is 0 Å². The Kier molecular flexibility index (Phi) is 58.5. The third kappa shape index (κ3) is 58.1. The van der Waals surface area contributed by atoms with Crippen molar-refractivity contribution in [1.82, 2.24) is 0 Å². The lowest BCUT2D eigenvalue weighted by Gasteiger charge is -2.20. The van der Waals surface area contributed by atoms with Crippen LogP contribution >= 0.6 is 7.82 Å². The van der Waals surface area contributed by atoms with Gasteiger partial charge in [-0.05, 0) is 38.5 Å². The molecule has 0 aliphatic carbocycles. The quantitative estimate of drug-likeness (QED) is 0.0268. The van der Waals surface area contributed by atoms with Crippen molar-refractivity contribution in [3.05, 3.63) is 12.2 Å². The van der Waals surface area contributed by atoms with E-state index >= 15 is 0 Å². The van der Waals surface area contributed by atoms with Crippen molar-refractivity contribution in [2.24, 2.45) is 5.73 Å². The van der Waals surface area contributed by atoms with Gasteiger partial charge in [0.1, 0.15) is 6.10 Å². The number of hydrogen-bond donors (Lipinski definition) is 2. The predicted octanol–water partition coefficient (Wildman–Crippen LogP) is 20.1. The van der Waals surface area contributed by atoms with E-state index in [0.29, 0.717) is 13.0 Å². The van der Waals surface area contributed by atoms with Crippen LogP contribution in [0, 0.1) is 0 Å². The van der Waals surface area contributed by atoms with Crippen LogP contribution in [0.5, 0.6) is 0 Å². The van der Waals surface area contributed by atoms with Crippen LogP contribution in [-0.4, -0.2) is 49.9 Å². The Morgan fingerprint density at radius 3 is 1.04 bits per heavy atom. The van der Waals surface area contributed by atoms with Crippen LogP contribution in [0.3, 0.4) is 0 Å². The fraction of sp³-hybridized carbons (Fsp3) is 0.951. The Labute approximate surface area is 436 Å². The largest absolute Gasteiger partial charge is 0.472 e. The first-order valence-electron chi connectivity index (χ1n) is 31.2. The van der Waals surface area contributed by atoms with Gasteiger partial charge >= 0.3 is 13.8 Å². The maximum absolute atomic E-state index is 12.7. The molecule has 0 aliphatic rings. The van der Waals surface area contributed by atoms with Crippen molar-refractivity contribution in [3.8, 4) is 0 Å². The molecule has 0 rings (SSSR count). The summed E-state index contributed by atoms with van der Waals surface area (Å²) >= 11 is 0. The predicted molar refractivity (Wildman–Crippen MR) is 303 cm³/mol. The maximum Gasteiger partial charge on any atom is 0.472 e. The van der Waals surface area contributed by atoms with Crippen LogP contribution in [0.1, 0.15) is 335 Å². The Balaban J connectivity index is 3.79. The highest BCUT2D eigenvalue weighted by Crippen LogP contribution is 2.43. The summed E-state index contributed by atoms with van der Waals surface area (Å²) in [6.07, 6.45) is 70.0. The normalized spacial score (nSPS) is 13.1. The SMILES string of the molecule is CCCCCCCCCC/C=C\CCCCCCCCCCCCCCCCOCC(COP(=O)(O)OCCN)OC(=O)CCCCCCCCCCCCCCCCCCCCCCCCCCC. The smallest absolute Gasteiger partial charge is 0.457 e. The average molecular weight is 1010 g/mol. The van der Waals surface area contributed by atoms with E-state index in [9.17, 15) is 14.3 Å². The number of phosphoric acid groups is 1. The van der Waals surface area contributed by atoms with Crippen LogP contribution in [-0.2, 0) is 27.9 Å². The molecule has 70 heavy (non-hydrogen) atoms. The second-order valence-corrected chi connectivity index (χ2v) is 22.7. The Morgan fingerprint density at radius 2 is 0.714 bits per heavy atom. The molecule has 2 atom stereocenters. The van der Waals surface area contributed by atoms with Gasteiger partial charge in [0.2, 0.25) is 0 Å². The van der Waals surface area contributed by atoms with Gasteiger partial charge in [-0.15, -0.1) is 0 Å². The third-order valence-corrected chi connectivity index (χ3v) is 15.2. The zero-order valence-corrected chi connectivity index (χ0v) is 47.9. The van der Waals surface area contributed by atoms with Crippen molar-refractivity contribution in [2.45, 2.75) is 341 Å². The van der Waals surface area contributed by atoms with Gasteiger partial charge in [0.05, 0.1) is 19.8 Å². The number of rotatable bonds is 61. The van der Waals surface area contributed by atoms with E-state index in [2.05, 4.69) is 26.0 Å². The van der Waals surface area contributed by atoms with Gasteiger partial charge in [0, 0.05) is 19.6 Å². The van der Waals surface area contributed by atoms with E-state index in [4.69, 9.17) is 24.3 Å². The summed E-state index contributed by atoms with van der Waals surface area (Å²) in [5.41, 5.74) is 5.41. The molecule has 0 saturated carbocycles. The standard InChI is InChI=1S/C61H122NO7P/c1-3-5-7-9-11-13-15-17-19-21-23-25-27-29-31-33-35-37-39-41-43-45-47-49-51-53-56-66-58-60(59-68-70(64,65)67-57-55-62)69-61(63)54-52-50-48-46-44-42-40-38-36-34-32-30-28-26-24-22-20-18-16-14-12-10-8-6-4-2/h21,23,60H,3-20,22,24-59,62H2,1-2H3,(H,64,65)/b23-21-. The zero-order chi connectivity index (χ0) is 50.8. The first-order valence-corrected chi connectivity index (χ1v) is 32.7. The van der Waals surface area contributed by atoms with Crippen molar-refractivity contribution >= 4 is 13.8 Å². The van der Waals surface area contributed by atoms with Gasteiger partial charge in [-0.25, -0.2) is 4.57 Å². The summed E-state index contributed by atoms with van der Waals surface area (Å²) in [5, 5.41) is 0. The second kappa shape index (κ2) is 59.1. The highest BCUT2D eigenvalue weighted by atomic mass is 31.2. The van der Waals surface area contributed by atoms with E-state index in [1.165, 1.54) is 283 Å².